The Labute approximate surface area is 123 Å². The Bertz CT molecular complexity index is 563. The van der Waals surface area contributed by atoms with E-state index in [9.17, 15) is 4.79 Å². The molecule has 1 aromatic heterocycles. The fourth-order valence-corrected chi connectivity index (χ4v) is 3.01. The molecule has 0 spiro atoms. The van der Waals surface area contributed by atoms with Crippen LogP contribution in [0.4, 0.5) is 0 Å². The summed E-state index contributed by atoms with van der Waals surface area (Å²) in [6, 6.07) is 13.8. The molecule has 2 N–H and O–H groups in total. The highest BCUT2D eigenvalue weighted by Crippen LogP contribution is 2.27. The summed E-state index contributed by atoms with van der Waals surface area (Å²) in [5.41, 5.74) is 1.20. The number of carboxylic acid groups (broad SMARTS) is 1. The average Bonchev–Trinajstić information content (AvgIpc) is 2.88. The minimum absolute atomic E-state index is 0.0704. The van der Waals surface area contributed by atoms with Crippen molar-refractivity contribution in [3.63, 3.8) is 0 Å². The Balaban J connectivity index is 2.02. The van der Waals surface area contributed by atoms with Crippen molar-refractivity contribution in [1.29, 1.82) is 0 Å². The zero-order valence-electron chi connectivity index (χ0n) is 11.7. The molecule has 2 aromatic rings. The van der Waals surface area contributed by atoms with E-state index < -0.39 is 12.0 Å². The summed E-state index contributed by atoms with van der Waals surface area (Å²) in [5.74, 6) is -0.721. The summed E-state index contributed by atoms with van der Waals surface area (Å²) >= 11 is 1.70. The van der Waals surface area contributed by atoms with E-state index in [0.717, 1.165) is 4.88 Å². The molecule has 1 aromatic carbocycles. The number of carbonyl (C=O) groups is 1. The Morgan fingerprint density at radius 1 is 1.20 bits per heavy atom. The summed E-state index contributed by atoms with van der Waals surface area (Å²) in [4.78, 5) is 13.5. The smallest absolute Gasteiger partial charge is 0.320 e. The maximum absolute atomic E-state index is 11.1. The van der Waals surface area contributed by atoms with Crippen molar-refractivity contribution in [2.45, 2.75) is 26.4 Å². The van der Waals surface area contributed by atoms with Crippen molar-refractivity contribution in [3.8, 4) is 10.4 Å². The molecule has 0 aliphatic rings. The molecule has 0 saturated carbocycles. The van der Waals surface area contributed by atoms with Gasteiger partial charge in [-0.2, -0.15) is 0 Å². The fraction of sp³-hybridized carbons (Fsp3) is 0.312. The number of benzene rings is 1. The number of aliphatic carboxylic acids is 1. The minimum atomic E-state index is -0.792. The number of nitrogens with one attached hydrogen (secondary N) is 1. The number of hydrogen-bond acceptors (Lipinski definition) is 3. The molecule has 0 amide bonds. The normalized spacial score (nSPS) is 12.6. The number of carboxylic acids is 1. The topological polar surface area (TPSA) is 49.3 Å². The van der Waals surface area contributed by atoms with Crippen LogP contribution in [0.2, 0.25) is 0 Å². The second kappa shape index (κ2) is 6.68. The lowest BCUT2D eigenvalue weighted by atomic mass is 10.1. The largest absolute Gasteiger partial charge is 0.480 e. The molecule has 0 saturated heterocycles. The molecular weight excluding hydrogens is 270 g/mol. The van der Waals surface area contributed by atoms with Crippen molar-refractivity contribution >= 4 is 17.3 Å². The molecular formula is C16H19NO2S. The molecule has 3 nitrogen and oxygen atoms in total. The summed E-state index contributed by atoms with van der Waals surface area (Å²) in [6.45, 7) is 4.41. The Hall–Kier alpha value is -1.65. The van der Waals surface area contributed by atoms with Crippen LogP contribution in [0.15, 0.2) is 42.5 Å². The van der Waals surface area contributed by atoms with E-state index in [2.05, 4.69) is 29.6 Å². The van der Waals surface area contributed by atoms with Gasteiger partial charge in [0.2, 0.25) is 0 Å². The summed E-state index contributed by atoms with van der Waals surface area (Å²) in [5, 5.41) is 12.3. The van der Waals surface area contributed by atoms with Crippen LogP contribution in [0.1, 0.15) is 18.7 Å². The highest BCUT2D eigenvalue weighted by Gasteiger charge is 2.20. The van der Waals surface area contributed by atoms with E-state index in [1.807, 2.05) is 32.0 Å². The summed E-state index contributed by atoms with van der Waals surface area (Å²) < 4.78 is 0. The van der Waals surface area contributed by atoms with E-state index in [1.165, 1.54) is 10.4 Å². The highest BCUT2D eigenvalue weighted by molar-refractivity contribution is 7.15. The lowest BCUT2D eigenvalue weighted by Gasteiger charge is -2.17. The molecule has 1 atom stereocenters. The molecule has 0 unspecified atom stereocenters. The SMILES string of the molecule is CC(C)[C@H](NCc1ccc(-c2ccccc2)s1)C(=O)O. The fourth-order valence-electron chi connectivity index (χ4n) is 2.05. The van der Waals surface area contributed by atoms with Crippen LogP contribution < -0.4 is 5.32 Å². The number of thiophene rings is 1. The van der Waals surface area contributed by atoms with Gasteiger partial charge in [-0.1, -0.05) is 44.2 Å². The first-order valence-corrected chi connectivity index (χ1v) is 7.50. The van der Waals surface area contributed by atoms with Crippen LogP contribution in [0.25, 0.3) is 10.4 Å². The van der Waals surface area contributed by atoms with Crippen molar-refractivity contribution in [2.75, 3.05) is 0 Å². The van der Waals surface area contributed by atoms with Crippen LogP contribution in [0.5, 0.6) is 0 Å². The second-order valence-electron chi connectivity index (χ2n) is 5.07. The van der Waals surface area contributed by atoms with Crippen molar-refractivity contribution in [3.05, 3.63) is 47.3 Å². The van der Waals surface area contributed by atoms with Crippen molar-refractivity contribution in [2.24, 2.45) is 5.92 Å². The Morgan fingerprint density at radius 3 is 2.50 bits per heavy atom. The molecule has 0 fully saturated rings. The van der Waals surface area contributed by atoms with Gasteiger partial charge in [-0.15, -0.1) is 11.3 Å². The lowest BCUT2D eigenvalue weighted by Crippen LogP contribution is -2.40. The molecule has 1 heterocycles. The average molecular weight is 289 g/mol. The molecule has 106 valence electrons. The molecule has 0 radical (unpaired) electrons. The number of hydrogen-bond donors (Lipinski definition) is 2. The maximum atomic E-state index is 11.1. The van der Waals surface area contributed by atoms with Crippen LogP contribution >= 0.6 is 11.3 Å². The quantitative estimate of drug-likeness (QED) is 0.854. The summed E-state index contributed by atoms with van der Waals surface area (Å²) in [6.07, 6.45) is 0. The molecule has 0 bridgehead atoms. The molecule has 0 aliphatic carbocycles. The monoisotopic (exact) mass is 289 g/mol. The zero-order chi connectivity index (χ0) is 14.5. The molecule has 4 heteroatoms. The minimum Gasteiger partial charge on any atom is -0.480 e. The van der Waals surface area contributed by atoms with E-state index in [-0.39, 0.29) is 5.92 Å². The van der Waals surface area contributed by atoms with Gasteiger partial charge < -0.3 is 5.11 Å². The zero-order valence-corrected chi connectivity index (χ0v) is 12.5. The highest BCUT2D eigenvalue weighted by atomic mass is 32.1. The van der Waals surface area contributed by atoms with Crippen LogP contribution in [-0.4, -0.2) is 17.1 Å². The van der Waals surface area contributed by atoms with Gasteiger partial charge >= 0.3 is 5.97 Å². The Kier molecular flexibility index (Phi) is 4.93. The van der Waals surface area contributed by atoms with Crippen LogP contribution in [-0.2, 0) is 11.3 Å². The second-order valence-corrected chi connectivity index (χ2v) is 6.24. The molecule has 2 rings (SSSR count). The third-order valence-electron chi connectivity index (χ3n) is 3.15. The number of rotatable bonds is 6. The van der Waals surface area contributed by atoms with E-state index in [1.54, 1.807) is 11.3 Å². The first-order chi connectivity index (χ1) is 9.58. The third kappa shape index (κ3) is 3.68. The van der Waals surface area contributed by atoms with E-state index >= 15 is 0 Å². The van der Waals surface area contributed by atoms with Crippen LogP contribution in [0.3, 0.4) is 0 Å². The van der Waals surface area contributed by atoms with E-state index in [4.69, 9.17) is 5.11 Å². The van der Waals surface area contributed by atoms with Gasteiger partial charge in [0.1, 0.15) is 6.04 Å². The van der Waals surface area contributed by atoms with Gasteiger partial charge in [-0.3, -0.25) is 10.1 Å². The summed E-state index contributed by atoms with van der Waals surface area (Å²) in [7, 11) is 0. The van der Waals surface area contributed by atoms with Gasteiger partial charge in [-0.25, -0.2) is 0 Å². The first kappa shape index (κ1) is 14.8. The molecule has 20 heavy (non-hydrogen) atoms. The standard InChI is InChI=1S/C16H19NO2S/c1-11(2)15(16(18)19)17-10-13-8-9-14(20-13)12-6-4-3-5-7-12/h3-9,11,15,17H,10H2,1-2H3,(H,18,19)/t15-/m0/s1. The lowest BCUT2D eigenvalue weighted by molar-refractivity contribution is -0.140. The first-order valence-electron chi connectivity index (χ1n) is 6.68. The third-order valence-corrected chi connectivity index (χ3v) is 4.28. The van der Waals surface area contributed by atoms with Crippen molar-refractivity contribution in [1.82, 2.24) is 5.32 Å². The van der Waals surface area contributed by atoms with Gasteiger partial charge in [-0.05, 0) is 23.6 Å². The predicted molar refractivity (Wildman–Crippen MR) is 82.9 cm³/mol. The van der Waals surface area contributed by atoms with Crippen molar-refractivity contribution < 1.29 is 9.90 Å². The van der Waals surface area contributed by atoms with Gasteiger partial charge in [0.25, 0.3) is 0 Å². The molecule has 0 aliphatic heterocycles. The Morgan fingerprint density at radius 2 is 1.90 bits per heavy atom. The van der Waals surface area contributed by atoms with E-state index in [0.29, 0.717) is 6.54 Å². The van der Waals surface area contributed by atoms with Crippen LogP contribution in [0, 0.1) is 5.92 Å². The predicted octanol–water partition coefficient (Wildman–Crippen LogP) is 3.61. The maximum Gasteiger partial charge on any atom is 0.320 e. The van der Waals surface area contributed by atoms with Gasteiger partial charge in [0.15, 0.2) is 0 Å². The van der Waals surface area contributed by atoms with Gasteiger partial charge in [0.05, 0.1) is 0 Å². The van der Waals surface area contributed by atoms with Gasteiger partial charge in [0, 0.05) is 16.3 Å².